The Morgan fingerprint density at radius 1 is 0.636 bits per heavy atom. The quantitative estimate of drug-likeness (QED) is 0.751. The zero-order chi connectivity index (χ0) is 15.0. The second-order valence-electron chi connectivity index (χ2n) is 6.05. The first kappa shape index (κ1) is 15.0. The maximum absolute atomic E-state index is 5.97. The lowest BCUT2D eigenvalue weighted by Gasteiger charge is -2.31. The van der Waals surface area contributed by atoms with Crippen LogP contribution in [0.1, 0.15) is 25.7 Å². The van der Waals surface area contributed by atoms with Gasteiger partial charge in [0.2, 0.25) is 0 Å². The van der Waals surface area contributed by atoms with Crippen molar-refractivity contribution < 1.29 is 9.47 Å². The van der Waals surface area contributed by atoms with Gasteiger partial charge in [0.25, 0.3) is 0 Å². The lowest BCUT2D eigenvalue weighted by Crippen LogP contribution is -2.29. The van der Waals surface area contributed by atoms with Gasteiger partial charge in [-0.15, -0.1) is 0 Å². The zero-order valence-electron chi connectivity index (χ0n) is 13.0. The van der Waals surface area contributed by atoms with Crippen LogP contribution >= 0.6 is 0 Å². The molecular formula is C20H24O2. The second kappa shape index (κ2) is 7.88. The summed E-state index contributed by atoms with van der Waals surface area (Å²) in [5.41, 5.74) is 0. The highest BCUT2D eigenvalue weighted by atomic mass is 16.5. The van der Waals surface area contributed by atoms with E-state index in [9.17, 15) is 0 Å². The van der Waals surface area contributed by atoms with Crippen molar-refractivity contribution in [2.45, 2.75) is 25.7 Å². The van der Waals surface area contributed by atoms with E-state index in [4.69, 9.17) is 9.47 Å². The van der Waals surface area contributed by atoms with E-state index < -0.39 is 0 Å². The molecule has 0 bridgehead atoms. The molecule has 0 aromatic heterocycles. The maximum atomic E-state index is 5.97. The van der Waals surface area contributed by atoms with Crippen molar-refractivity contribution in [3.63, 3.8) is 0 Å². The summed E-state index contributed by atoms with van der Waals surface area (Å²) >= 11 is 0. The predicted molar refractivity (Wildman–Crippen MR) is 89.3 cm³/mol. The van der Waals surface area contributed by atoms with Crippen LogP contribution in [0.2, 0.25) is 0 Å². The minimum absolute atomic E-state index is 0.595. The number of hydrogen-bond acceptors (Lipinski definition) is 2. The Bertz CT molecular complexity index is 487. The SMILES string of the molecule is c1ccc(OCC2CCCCC2COc2ccccc2)cc1. The molecule has 22 heavy (non-hydrogen) atoms. The average Bonchev–Trinajstić information content (AvgIpc) is 2.61. The van der Waals surface area contributed by atoms with Crippen LogP contribution in [-0.2, 0) is 0 Å². The van der Waals surface area contributed by atoms with Gasteiger partial charge in [0.15, 0.2) is 0 Å². The molecule has 1 saturated carbocycles. The average molecular weight is 296 g/mol. The Balaban J connectivity index is 1.52. The molecule has 2 nitrogen and oxygen atoms in total. The molecule has 0 spiro atoms. The molecule has 0 saturated heterocycles. The van der Waals surface area contributed by atoms with E-state index in [1.54, 1.807) is 0 Å². The van der Waals surface area contributed by atoms with Crippen LogP contribution in [0.15, 0.2) is 60.7 Å². The summed E-state index contributed by atoms with van der Waals surface area (Å²) < 4.78 is 11.9. The topological polar surface area (TPSA) is 18.5 Å². The first-order valence-electron chi connectivity index (χ1n) is 8.27. The predicted octanol–water partition coefficient (Wildman–Crippen LogP) is 4.95. The van der Waals surface area contributed by atoms with Crippen molar-refractivity contribution in [2.24, 2.45) is 11.8 Å². The number of benzene rings is 2. The molecule has 2 aromatic carbocycles. The minimum atomic E-state index is 0.595. The lowest BCUT2D eigenvalue weighted by molar-refractivity contribution is 0.105. The fraction of sp³-hybridized carbons (Fsp3) is 0.400. The molecule has 0 amide bonds. The van der Waals surface area contributed by atoms with E-state index >= 15 is 0 Å². The molecule has 2 atom stereocenters. The highest BCUT2D eigenvalue weighted by molar-refractivity contribution is 5.21. The summed E-state index contributed by atoms with van der Waals surface area (Å²) in [5.74, 6) is 3.13. The Labute approximate surface area is 133 Å². The van der Waals surface area contributed by atoms with Crippen molar-refractivity contribution in [1.29, 1.82) is 0 Å². The standard InChI is InChI=1S/C20H24O2/c1-3-11-19(12-4-1)21-15-17-9-7-8-10-18(17)16-22-20-13-5-2-6-14-20/h1-6,11-14,17-18H,7-10,15-16H2. The van der Waals surface area contributed by atoms with Gasteiger partial charge in [0.1, 0.15) is 11.5 Å². The number of rotatable bonds is 6. The lowest BCUT2D eigenvalue weighted by atomic mass is 9.80. The molecule has 116 valence electrons. The van der Waals surface area contributed by atoms with Crippen LogP contribution in [-0.4, -0.2) is 13.2 Å². The third kappa shape index (κ3) is 4.27. The number of para-hydroxylation sites is 2. The van der Waals surface area contributed by atoms with Crippen molar-refractivity contribution in [3.05, 3.63) is 60.7 Å². The first-order valence-corrected chi connectivity index (χ1v) is 8.27. The van der Waals surface area contributed by atoms with Gasteiger partial charge in [-0.25, -0.2) is 0 Å². The van der Waals surface area contributed by atoms with Crippen molar-refractivity contribution in [3.8, 4) is 11.5 Å². The number of ether oxygens (including phenoxy) is 2. The zero-order valence-corrected chi connectivity index (χ0v) is 13.0. The summed E-state index contributed by atoms with van der Waals surface area (Å²) in [6, 6.07) is 20.2. The van der Waals surface area contributed by atoms with Crippen LogP contribution in [0.4, 0.5) is 0 Å². The van der Waals surface area contributed by atoms with Gasteiger partial charge >= 0.3 is 0 Å². The third-order valence-electron chi connectivity index (χ3n) is 4.48. The largest absolute Gasteiger partial charge is 0.493 e. The second-order valence-corrected chi connectivity index (χ2v) is 6.05. The summed E-state index contributed by atoms with van der Waals surface area (Å²) in [5, 5.41) is 0. The van der Waals surface area contributed by atoms with E-state index in [0.717, 1.165) is 24.7 Å². The van der Waals surface area contributed by atoms with Gasteiger partial charge < -0.3 is 9.47 Å². The smallest absolute Gasteiger partial charge is 0.119 e. The van der Waals surface area contributed by atoms with E-state index in [1.165, 1.54) is 25.7 Å². The third-order valence-corrected chi connectivity index (χ3v) is 4.48. The fourth-order valence-corrected chi connectivity index (χ4v) is 3.16. The van der Waals surface area contributed by atoms with E-state index in [0.29, 0.717) is 11.8 Å². The first-order chi connectivity index (χ1) is 10.9. The molecule has 0 N–H and O–H groups in total. The molecule has 2 heteroatoms. The van der Waals surface area contributed by atoms with E-state index in [2.05, 4.69) is 0 Å². The van der Waals surface area contributed by atoms with E-state index in [-0.39, 0.29) is 0 Å². The molecule has 2 aromatic rings. The molecule has 3 rings (SSSR count). The fourth-order valence-electron chi connectivity index (χ4n) is 3.16. The summed E-state index contributed by atoms with van der Waals surface area (Å²) in [6.45, 7) is 1.60. The van der Waals surface area contributed by atoms with Crippen molar-refractivity contribution >= 4 is 0 Å². The van der Waals surface area contributed by atoms with Gasteiger partial charge in [-0.1, -0.05) is 49.2 Å². The minimum Gasteiger partial charge on any atom is -0.493 e. The molecule has 0 heterocycles. The molecule has 0 aliphatic heterocycles. The van der Waals surface area contributed by atoms with Crippen LogP contribution in [0, 0.1) is 11.8 Å². The summed E-state index contributed by atoms with van der Waals surface area (Å²) in [4.78, 5) is 0. The molecule has 2 unspecified atom stereocenters. The van der Waals surface area contributed by atoms with Crippen LogP contribution in [0.25, 0.3) is 0 Å². The highest BCUT2D eigenvalue weighted by Crippen LogP contribution is 2.31. The number of hydrogen-bond donors (Lipinski definition) is 0. The Morgan fingerprint density at radius 3 is 1.45 bits per heavy atom. The van der Waals surface area contributed by atoms with Gasteiger partial charge in [-0.05, 0) is 48.9 Å². The Kier molecular flexibility index (Phi) is 5.36. The summed E-state index contributed by atoms with van der Waals surface area (Å²) in [6.07, 6.45) is 5.11. The van der Waals surface area contributed by atoms with Gasteiger partial charge in [0.05, 0.1) is 13.2 Å². The molecule has 1 aliphatic carbocycles. The van der Waals surface area contributed by atoms with Crippen LogP contribution < -0.4 is 9.47 Å². The van der Waals surface area contributed by atoms with E-state index in [1.807, 2.05) is 60.7 Å². The van der Waals surface area contributed by atoms with Crippen molar-refractivity contribution in [1.82, 2.24) is 0 Å². The Hall–Kier alpha value is -1.96. The monoisotopic (exact) mass is 296 g/mol. The molecule has 1 fully saturated rings. The van der Waals surface area contributed by atoms with Gasteiger partial charge in [0, 0.05) is 0 Å². The Morgan fingerprint density at radius 2 is 1.05 bits per heavy atom. The van der Waals surface area contributed by atoms with Gasteiger partial charge in [-0.2, -0.15) is 0 Å². The molecular weight excluding hydrogens is 272 g/mol. The molecule has 0 radical (unpaired) electrons. The normalized spacial score (nSPS) is 21.3. The maximum Gasteiger partial charge on any atom is 0.119 e. The summed E-state index contributed by atoms with van der Waals surface area (Å²) in [7, 11) is 0. The molecule has 1 aliphatic rings. The van der Waals surface area contributed by atoms with Crippen molar-refractivity contribution in [2.75, 3.05) is 13.2 Å². The van der Waals surface area contributed by atoms with Crippen LogP contribution in [0.3, 0.4) is 0 Å². The highest BCUT2D eigenvalue weighted by Gasteiger charge is 2.26. The van der Waals surface area contributed by atoms with Crippen LogP contribution in [0.5, 0.6) is 11.5 Å². The van der Waals surface area contributed by atoms with Gasteiger partial charge in [-0.3, -0.25) is 0 Å².